The molecule has 146 valence electrons. The quantitative estimate of drug-likeness (QED) is 0.653. The number of ketones is 1. The molecule has 1 heterocycles. The Balaban J connectivity index is 1.85. The van der Waals surface area contributed by atoms with Crippen LogP contribution in [0.25, 0.3) is 0 Å². The van der Waals surface area contributed by atoms with Crippen LogP contribution in [0.4, 0.5) is 5.69 Å². The van der Waals surface area contributed by atoms with Gasteiger partial charge in [-0.1, -0.05) is 37.3 Å². The number of ether oxygens (including phenoxy) is 1. The highest BCUT2D eigenvalue weighted by Crippen LogP contribution is 2.41. The van der Waals surface area contributed by atoms with Crippen LogP contribution in [0.2, 0.25) is 0 Å². The minimum Gasteiger partial charge on any atom is -0.507 e. The first kappa shape index (κ1) is 18.7. The topological polar surface area (TPSA) is 66.8 Å². The maximum absolute atomic E-state index is 13.5. The number of anilines is 1. The van der Waals surface area contributed by atoms with Gasteiger partial charge in [0, 0.05) is 11.3 Å². The number of nitrogens with zero attached hydrogens (tertiary/aromatic N) is 1. The maximum Gasteiger partial charge on any atom is 0.259 e. The van der Waals surface area contributed by atoms with Gasteiger partial charge in [-0.15, -0.1) is 0 Å². The Kier molecular flexibility index (Phi) is 4.80. The summed E-state index contributed by atoms with van der Waals surface area (Å²) in [6.45, 7) is 2.06. The minimum atomic E-state index is -0.857. The number of carbonyl (C=O) groups is 2. The van der Waals surface area contributed by atoms with Gasteiger partial charge in [-0.25, -0.2) is 0 Å². The number of phenols is 1. The summed E-state index contributed by atoms with van der Waals surface area (Å²) in [7, 11) is 1.50. The van der Waals surface area contributed by atoms with E-state index in [9.17, 15) is 14.7 Å². The third kappa shape index (κ3) is 3.14. The van der Waals surface area contributed by atoms with E-state index < -0.39 is 6.04 Å². The lowest BCUT2D eigenvalue weighted by atomic mass is 9.95. The number of hydrogen-bond acceptors (Lipinski definition) is 4. The van der Waals surface area contributed by atoms with Crippen LogP contribution >= 0.6 is 0 Å². The molecule has 0 saturated heterocycles. The van der Waals surface area contributed by atoms with Crippen molar-refractivity contribution in [2.75, 3.05) is 12.0 Å². The van der Waals surface area contributed by atoms with E-state index in [0.29, 0.717) is 22.6 Å². The smallest absolute Gasteiger partial charge is 0.259 e. The summed E-state index contributed by atoms with van der Waals surface area (Å²) < 4.78 is 5.21. The van der Waals surface area contributed by atoms with Crippen molar-refractivity contribution in [1.82, 2.24) is 0 Å². The van der Waals surface area contributed by atoms with E-state index in [1.54, 1.807) is 24.3 Å². The monoisotopic (exact) mass is 387 g/mol. The molecule has 0 fully saturated rings. The van der Waals surface area contributed by atoms with E-state index in [0.717, 1.165) is 12.0 Å². The van der Waals surface area contributed by atoms with Gasteiger partial charge in [0.15, 0.2) is 5.78 Å². The molecule has 4 rings (SSSR count). The first-order valence-electron chi connectivity index (χ1n) is 9.47. The first-order chi connectivity index (χ1) is 14.0. The van der Waals surface area contributed by atoms with Gasteiger partial charge in [-0.3, -0.25) is 14.5 Å². The van der Waals surface area contributed by atoms with E-state index in [-0.39, 0.29) is 23.0 Å². The second-order valence-electron chi connectivity index (χ2n) is 6.93. The van der Waals surface area contributed by atoms with E-state index >= 15 is 0 Å². The number of Topliss-reactive ketones (excluding diaryl/α,β-unsaturated/α-hetero) is 1. The molecule has 1 amide bonds. The highest BCUT2D eigenvalue weighted by atomic mass is 16.5. The van der Waals surface area contributed by atoms with Gasteiger partial charge in [0.1, 0.15) is 17.5 Å². The Morgan fingerprint density at radius 3 is 2.48 bits per heavy atom. The van der Waals surface area contributed by atoms with Crippen molar-refractivity contribution in [2.24, 2.45) is 0 Å². The minimum absolute atomic E-state index is 0.119. The molecule has 29 heavy (non-hydrogen) atoms. The molecule has 0 saturated carbocycles. The maximum atomic E-state index is 13.5. The third-order valence-corrected chi connectivity index (χ3v) is 5.30. The van der Waals surface area contributed by atoms with Crippen molar-refractivity contribution in [1.29, 1.82) is 0 Å². The molecule has 1 N–H and O–H groups in total. The van der Waals surface area contributed by atoms with Gasteiger partial charge in [-0.05, 0) is 53.9 Å². The lowest BCUT2D eigenvalue weighted by molar-refractivity contribution is 0.0914. The number of aryl methyl sites for hydroxylation is 1. The highest BCUT2D eigenvalue weighted by molar-refractivity contribution is 6.19. The van der Waals surface area contributed by atoms with Crippen LogP contribution in [0.15, 0.2) is 66.7 Å². The number of fused-ring (bicyclic) bond motifs is 1. The summed E-state index contributed by atoms with van der Waals surface area (Å²) >= 11 is 0. The van der Waals surface area contributed by atoms with Gasteiger partial charge in [0.2, 0.25) is 0 Å². The summed E-state index contributed by atoms with van der Waals surface area (Å²) in [5.41, 5.74) is 3.03. The van der Waals surface area contributed by atoms with Gasteiger partial charge in [0.05, 0.1) is 12.7 Å². The summed E-state index contributed by atoms with van der Waals surface area (Å²) in [6, 6.07) is 18.4. The van der Waals surface area contributed by atoms with Crippen LogP contribution in [0.3, 0.4) is 0 Å². The molecule has 1 aliphatic rings. The number of rotatable bonds is 5. The van der Waals surface area contributed by atoms with Crippen molar-refractivity contribution >= 4 is 17.4 Å². The number of carbonyl (C=O) groups excluding carboxylic acids is 2. The molecule has 0 aliphatic carbocycles. The van der Waals surface area contributed by atoms with Crippen molar-refractivity contribution in [3.63, 3.8) is 0 Å². The Bertz CT molecular complexity index is 1090. The molecule has 0 radical (unpaired) electrons. The normalized spacial score (nSPS) is 15.3. The van der Waals surface area contributed by atoms with Crippen LogP contribution in [0.5, 0.6) is 11.5 Å². The van der Waals surface area contributed by atoms with Crippen molar-refractivity contribution in [3.05, 3.63) is 89.0 Å². The number of hydrogen-bond donors (Lipinski definition) is 1. The summed E-state index contributed by atoms with van der Waals surface area (Å²) in [5.74, 6) is -0.277. The zero-order chi connectivity index (χ0) is 20.5. The molecule has 3 aromatic carbocycles. The van der Waals surface area contributed by atoms with E-state index in [2.05, 4.69) is 6.92 Å². The van der Waals surface area contributed by atoms with Gasteiger partial charge < -0.3 is 9.84 Å². The fourth-order valence-electron chi connectivity index (χ4n) is 3.72. The van der Waals surface area contributed by atoms with Crippen molar-refractivity contribution < 1.29 is 19.4 Å². The largest absolute Gasteiger partial charge is 0.507 e. The first-order valence-corrected chi connectivity index (χ1v) is 9.47. The fourth-order valence-corrected chi connectivity index (χ4v) is 3.72. The predicted octanol–water partition coefficient (Wildman–Crippen LogP) is 4.55. The molecular weight excluding hydrogens is 366 g/mol. The molecule has 0 spiro atoms. The SMILES string of the molecule is CCc1ccc(N2C(=O)c3ccccc3C2C(=O)c2cc(OC)ccc2O)cc1. The van der Waals surface area contributed by atoms with Crippen LogP contribution in [0, 0.1) is 0 Å². The van der Waals surface area contributed by atoms with Gasteiger partial charge in [0.25, 0.3) is 5.91 Å². The zero-order valence-corrected chi connectivity index (χ0v) is 16.3. The fraction of sp³-hybridized carbons (Fsp3) is 0.167. The Morgan fingerprint density at radius 1 is 1.07 bits per heavy atom. The predicted molar refractivity (Wildman–Crippen MR) is 111 cm³/mol. The molecule has 0 bridgehead atoms. The van der Waals surface area contributed by atoms with Crippen LogP contribution in [0.1, 0.15) is 44.8 Å². The van der Waals surface area contributed by atoms with E-state index in [1.165, 1.54) is 24.1 Å². The van der Waals surface area contributed by atoms with E-state index in [4.69, 9.17) is 4.74 Å². The molecule has 5 nitrogen and oxygen atoms in total. The second kappa shape index (κ2) is 7.43. The average Bonchev–Trinajstić information content (AvgIpc) is 3.06. The zero-order valence-electron chi connectivity index (χ0n) is 16.3. The van der Waals surface area contributed by atoms with Crippen LogP contribution in [-0.2, 0) is 6.42 Å². The molecule has 1 atom stereocenters. The number of phenolic OH excluding ortho intramolecular Hbond substituents is 1. The standard InChI is InChI=1S/C24H21NO4/c1-3-15-8-10-16(11-9-15)25-22(18-6-4-5-7-19(18)24(25)28)23(27)20-14-17(29-2)12-13-21(20)26/h4-14,22,26H,3H2,1-2H3. The van der Waals surface area contributed by atoms with Crippen molar-refractivity contribution in [2.45, 2.75) is 19.4 Å². The molecule has 5 heteroatoms. The summed E-state index contributed by atoms with van der Waals surface area (Å²) in [6.07, 6.45) is 0.883. The van der Waals surface area contributed by atoms with Gasteiger partial charge >= 0.3 is 0 Å². The molecule has 1 unspecified atom stereocenters. The lowest BCUT2D eigenvalue weighted by Crippen LogP contribution is -2.32. The molecule has 1 aliphatic heterocycles. The van der Waals surface area contributed by atoms with E-state index in [1.807, 2.05) is 30.3 Å². The second-order valence-corrected chi connectivity index (χ2v) is 6.93. The molecular formula is C24H21NO4. The van der Waals surface area contributed by atoms with Crippen molar-refractivity contribution in [3.8, 4) is 11.5 Å². The van der Waals surface area contributed by atoms with Gasteiger partial charge in [-0.2, -0.15) is 0 Å². The number of benzene rings is 3. The molecule has 0 aromatic heterocycles. The Hall–Kier alpha value is -3.60. The van der Waals surface area contributed by atoms with Crippen LogP contribution < -0.4 is 9.64 Å². The Morgan fingerprint density at radius 2 is 1.79 bits per heavy atom. The average molecular weight is 387 g/mol. The van der Waals surface area contributed by atoms with Crippen LogP contribution in [-0.4, -0.2) is 23.9 Å². The summed E-state index contributed by atoms with van der Waals surface area (Å²) in [5, 5.41) is 10.3. The molecule has 3 aromatic rings. The number of methoxy groups -OCH3 is 1. The Labute approximate surface area is 169 Å². The summed E-state index contributed by atoms with van der Waals surface area (Å²) in [4.78, 5) is 28.2. The number of amides is 1. The number of aromatic hydroxyl groups is 1. The lowest BCUT2D eigenvalue weighted by Gasteiger charge is -2.25. The highest BCUT2D eigenvalue weighted by Gasteiger charge is 2.42. The third-order valence-electron chi connectivity index (χ3n) is 5.30.